The number of rotatable bonds is 21. The van der Waals surface area contributed by atoms with E-state index in [9.17, 15) is 24.1 Å². The van der Waals surface area contributed by atoms with Gasteiger partial charge >= 0.3 is 26.0 Å². The molecule has 0 spiro atoms. The molecule has 0 aromatic heterocycles. The third-order valence-electron chi connectivity index (χ3n) is 5.66. The van der Waals surface area contributed by atoms with Crippen LogP contribution in [-0.4, -0.2) is 87.0 Å². The molecule has 1 unspecified atom stereocenters. The van der Waals surface area contributed by atoms with Crippen LogP contribution in [0, 0.1) is 0 Å². The molecule has 0 aliphatic heterocycles. The van der Waals surface area contributed by atoms with Gasteiger partial charge in [0.2, 0.25) is 5.96 Å². The minimum absolute atomic E-state index is 0.0807. The van der Waals surface area contributed by atoms with Crippen molar-refractivity contribution in [3.05, 3.63) is 35.9 Å². The van der Waals surface area contributed by atoms with E-state index < -0.39 is 51.2 Å². The second kappa shape index (κ2) is 21.4. The van der Waals surface area contributed by atoms with Crippen LogP contribution >= 0.6 is 7.75 Å². The lowest BCUT2D eigenvalue weighted by Crippen LogP contribution is -2.47. The number of ether oxygens (including phenoxy) is 4. The molecule has 3 N–H and O–H groups in total. The quantitative estimate of drug-likeness (QED) is 0.0633. The van der Waals surface area contributed by atoms with Crippen LogP contribution in [0.15, 0.2) is 35.1 Å². The summed E-state index contributed by atoms with van der Waals surface area (Å²) in [5.74, 6) is -1.62. The molecule has 0 saturated carbocycles. The Morgan fingerprint density at radius 3 is 1.76 bits per heavy atom. The number of carboxylic acid groups (broad SMARTS) is 1. The number of carboxylic acids is 1. The number of carbonyl (C=O) groups is 3. The number of carbonyl (C=O) groups excluding carboxylic acids is 2. The summed E-state index contributed by atoms with van der Waals surface area (Å²) in [7, 11) is -3.02. The SMILES string of the molecule is CCCCCOC(=O)OCCOP(=O)(N=C(N)N(C)C(Cc1ccccc1)C(=O)O)OCCOC(=O)OCCCCC. The van der Waals surface area contributed by atoms with Gasteiger partial charge in [0.15, 0.2) is 0 Å². The monoisotopic (exact) mass is 617 g/mol. The van der Waals surface area contributed by atoms with Crippen molar-refractivity contribution in [1.29, 1.82) is 0 Å². The highest BCUT2D eigenvalue weighted by molar-refractivity contribution is 7.52. The lowest BCUT2D eigenvalue weighted by atomic mass is 10.1. The van der Waals surface area contributed by atoms with Gasteiger partial charge in [-0.25, -0.2) is 18.9 Å². The Labute approximate surface area is 247 Å². The molecule has 15 heteroatoms. The molecule has 238 valence electrons. The van der Waals surface area contributed by atoms with Crippen LogP contribution in [0.1, 0.15) is 57.9 Å². The summed E-state index contributed by atoms with van der Waals surface area (Å²) in [6.45, 7) is 2.95. The van der Waals surface area contributed by atoms with E-state index in [1.54, 1.807) is 30.3 Å². The van der Waals surface area contributed by atoms with E-state index in [1.165, 1.54) is 7.05 Å². The maximum atomic E-state index is 13.4. The van der Waals surface area contributed by atoms with Gasteiger partial charge in [0.1, 0.15) is 19.3 Å². The summed E-state index contributed by atoms with van der Waals surface area (Å²) < 4.78 is 47.5. The van der Waals surface area contributed by atoms with Gasteiger partial charge in [-0.05, 0) is 18.4 Å². The molecule has 0 saturated heterocycles. The summed E-state index contributed by atoms with van der Waals surface area (Å²) >= 11 is 0. The van der Waals surface area contributed by atoms with E-state index in [4.69, 9.17) is 33.7 Å². The molecule has 1 rings (SSSR count). The Kier molecular flexibility index (Phi) is 18.7. The number of hydrogen-bond acceptors (Lipinski definition) is 10. The standard InChI is InChI=1S/C27H44N3O11P/c1-4-6-11-15-36-26(33)38-17-19-40-42(35,41-20-18-39-27(34)37-16-12-7-5-2)29-25(28)30(3)23(24(31)32)21-22-13-9-8-10-14-22/h8-10,13-14,23H,4-7,11-12,15-21H2,1-3H3,(H,31,32)(H2,28,29,35). The zero-order chi connectivity index (χ0) is 31.2. The average Bonchev–Trinajstić information content (AvgIpc) is 2.97. The number of benzene rings is 1. The molecule has 0 aliphatic carbocycles. The second-order valence-corrected chi connectivity index (χ2v) is 10.7. The lowest BCUT2D eigenvalue weighted by Gasteiger charge is -2.26. The first kappa shape index (κ1) is 36.7. The maximum Gasteiger partial charge on any atom is 0.508 e. The lowest BCUT2D eigenvalue weighted by molar-refractivity contribution is -0.141. The summed E-state index contributed by atoms with van der Waals surface area (Å²) in [5.41, 5.74) is 6.76. The molecule has 0 amide bonds. The Hall–Kier alpha value is -3.35. The third-order valence-corrected chi connectivity index (χ3v) is 7.13. The second-order valence-electron chi connectivity index (χ2n) is 9.06. The van der Waals surface area contributed by atoms with Gasteiger partial charge in [-0.1, -0.05) is 69.9 Å². The molecule has 0 fully saturated rings. The first-order valence-corrected chi connectivity index (χ1v) is 15.4. The third kappa shape index (κ3) is 16.2. The van der Waals surface area contributed by atoms with Crippen LogP contribution in [0.2, 0.25) is 0 Å². The van der Waals surface area contributed by atoms with Crippen LogP contribution in [0.25, 0.3) is 0 Å². The van der Waals surface area contributed by atoms with Gasteiger partial charge in [0.05, 0.1) is 26.4 Å². The van der Waals surface area contributed by atoms with Crippen molar-refractivity contribution in [2.75, 3.05) is 46.7 Å². The summed E-state index contributed by atoms with van der Waals surface area (Å²) in [5, 5.41) is 9.78. The number of likely N-dealkylation sites (N-methyl/N-ethyl adjacent to an activating group) is 1. The van der Waals surface area contributed by atoms with Crippen molar-refractivity contribution in [1.82, 2.24) is 4.90 Å². The van der Waals surface area contributed by atoms with Gasteiger partial charge in [0, 0.05) is 13.5 Å². The van der Waals surface area contributed by atoms with Crippen molar-refractivity contribution < 1.29 is 52.1 Å². The highest BCUT2D eigenvalue weighted by atomic mass is 31.2. The fourth-order valence-corrected chi connectivity index (χ4v) is 4.52. The number of nitrogens with zero attached hydrogens (tertiary/aromatic N) is 2. The number of hydrogen-bond donors (Lipinski definition) is 2. The van der Waals surface area contributed by atoms with Crippen molar-refractivity contribution >= 4 is 32.0 Å². The van der Waals surface area contributed by atoms with Crippen LogP contribution in [0.3, 0.4) is 0 Å². The maximum absolute atomic E-state index is 13.4. The molecule has 0 aliphatic rings. The number of guanidine groups is 1. The van der Waals surface area contributed by atoms with Gasteiger partial charge in [-0.15, -0.1) is 4.76 Å². The average molecular weight is 618 g/mol. The van der Waals surface area contributed by atoms with E-state index in [0.29, 0.717) is 12.8 Å². The van der Waals surface area contributed by atoms with Crippen LogP contribution in [0.4, 0.5) is 9.59 Å². The van der Waals surface area contributed by atoms with E-state index in [0.717, 1.165) is 36.1 Å². The molecule has 1 atom stereocenters. The van der Waals surface area contributed by atoms with E-state index in [2.05, 4.69) is 4.76 Å². The van der Waals surface area contributed by atoms with Gasteiger partial charge in [-0.3, -0.25) is 9.05 Å². The highest BCUT2D eigenvalue weighted by Gasteiger charge is 2.30. The molecule has 0 bridgehead atoms. The number of aliphatic carboxylic acids is 1. The molecule has 0 heterocycles. The zero-order valence-corrected chi connectivity index (χ0v) is 25.5. The predicted octanol–water partition coefficient (Wildman–Crippen LogP) is 4.76. The Bertz CT molecular complexity index is 974. The molecular weight excluding hydrogens is 573 g/mol. The normalized spacial score (nSPS) is 12.3. The van der Waals surface area contributed by atoms with Crippen LogP contribution in [-0.2, 0) is 43.8 Å². The topological polar surface area (TPSA) is 186 Å². The first-order valence-electron chi connectivity index (χ1n) is 13.9. The van der Waals surface area contributed by atoms with Crippen LogP contribution < -0.4 is 5.73 Å². The fourth-order valence-electron chi connectivity index (χ4n) is 3.33. The molecule has 42 heavy (non-hydrogen) atoms. The van der Waals surface area contributed by atoms with Crippen LogP contribution in [0.5, 0.6) is 0 Å². The predicted molar refractivity (Wildman–Crippen MR) is 154 cm³/mol. The summed E-state index contributed by atoms with van der Waals surface area (Å²) in [6.07, 6.45) is 3.38. The highest BCUT2D eigenvalue weighted by Crippen LogP contribution is 2.49. The molecule has 14 nitrogen and oxygen atoms in total. The number of nitrogens with two attached hydrogens (primary N) is 1. The van der Waals surface area contributed by atoms with Gasteiger partial charge in [0.25, 0.3) is 0 Å². The smallest absolute Gasteiger partial charge is 0.480 e. The Morgan fingerprint density at radius 1 is 0.833 bits per heavy atom. The van der Waals surface area contributed by atoms with Gasteiger partial charge in [-0.2, -0.15) is 0 Å². The van der Waals surface area contributed by atoms with Crippen molar-refractivity contribution in [3.8, 4) is 0 Å². The minimum atomic E-state index is -4.40. The fraction of sp³-hybridized carbons (Fsp3) is 0.630. The van der Waals surface area contributed by atoms with Gasteiger partial charge < -0.3 is 34.7 Å². The van der Waals surface area contributed by atoms with E-state index in [1.807, 2.05) is 13.8 Å². The van der Waals surface area contributed by atoms with E-state index in [-0.39, 0.29) is 32.8 Å². The van der Waals surface area contributed by atoms with Crippen molar-refractivity contribution in [2.24, 2.45) is 10.5 Å². The molecule has 0 radical (unpaired) electrons. The minimum Gasteiger partial charge on any atom is -0.480 e. The summed E-state index contributed by atoms with van der Waals surface area (Å²) in [6, 6.07) is 7.72. The molecule has 1 aromatic carbocycles. The molecular formula is C27H44N3O11P. The van der Waals surface area contributed by atoms with E-state index >= 15 is 0 Å². The van der Waals surface area contributed by atoms with Crippen molar-refractivity contribution in [2.45, 2.75) is 64.8 Å². The first-order chi connectivity index (χ1) is 20.1. The Morgan fingerprint density at radius 2 is 1.31 bits per heavy atom. The number of unbranched alkanes of at least 4 members (excludes halogenated alkanes) is 4. The largest absolute Gasteiger partial charge is 0.508 e. The van der Waals surface area contributed by atoms with Crippen molar-refractivity contribution in [3.63, 3.8) is 0 Å². The molecule has 1 aromatic rings. The zero-order valence-electron chi connectivity index (χ0n) is 24.6. The Balaban J connectivity index is 2.83. The summed E-state index contributed by atoms with van der Waals surface area (Å²) in [4.78, 5) is 36.5.